The molecule has 0 radical (unpaired) electrons. The van der Waals surface area contributed by atoms with Crippen LogP contribution in [0.1, 0.15) is 50.8 Å². The van der Waals surface area contributed by atoms with E-state index >= 15 is 0 Å². The number of rotatable bonds is 6. The molecule has 1 aliphatic carbocycles. The Balaban J connectivity index is 1.70. The Morgan fingerprint density at radius 3 is 2.89 bits per heavy atom. The minimum atomic E-state index is 0.467. The molecule has 2 unspecified atom stereocenters. The lowest BCUT2D eigenvalue weighted by molar-refractivity contribution is 0.147. The molecule has 0 spiro atoms. The third kappa shape index (κ3) is 2.62. The molecule has 3 nitrogen and oxygen atoms in total. The van der Waals surface area contributed by atoms with Gasteiger partial charge in [0.2, 0.25) is 0 Å². The molecule has 18 heavy (non-hydrogen) atoms. The molecular formula is C15H24N2O. The van der Waals surface area contributed by atoms with E-state index in [1.807, 2.05) is 6.07 Å². The van der Waals surface area contributed by atoms with Gasteiger partial charge in [0.1, 0.15) is 5.76 Å². The molecule has 2 atom stereocenters. The fraction of sp³-hybridized carbons (Fsp3) is 0.733. The molecule has 1 aromatic rings. The van der Waals surface area contributed by atoms with E-state index in [0.717, 1.165) is 18.2 Å². The molecule has 1 saturated carbocycles. The van der Waals surface area contributed by atoms with E-state index in [-0.39, 0.29) is 0 Å². The van der Waals surface area contributed by atoms with Gasteiger partial charge < -0.3 is 9.73 Å². The maximum absolute atomic E-state index is 5.65. The van der Waals surface area contributed by atoms with Gasteiger partial charge in [0.05, 0.1) is 12.3 Å². The maximum atomic E-state index is 5.65. The van der Waals surface area contributed by atoms with Gasteiger partial charge >= 0.3 is 0 Å². The Kier molecular flexibility index (Phi) is 3.71. The minimum Gasteiger partial charge on any atom is -0.468 e. The van der Waals surface area contributed by atoms with Crippen LogP contribution >= 0.6 is 0 Å². The molecule has 1 saturated heterocycles. The summed E-state index contributed by atoms with van der Waals surface area (Å²) in [4.78, 5) is 2.68. The normalized spacial score (nSPS) is 25.8. The van der Waals surface area contributed by atoms with Crippen molar-refractivity contribution in [2.45, 2.75) is 57.2 Å². The predicted molar refractivity (Wildman–Crippen MR) is 72.5 cm³/mol. The fourth-order valence-electron chi connectivity index (χ4n) is 3.18. The fourth-order valence-corrected chi connectivity index (χ4v) is 3.18. The third-order valence-electron chi connectivity index (χ3n) is 4.27. The van der Waals surface area contributed by atoms with Crippen molar-refractivity contribution in [3.8, 4) is 0 Å². The second-order valence-electron chi connectivity index (χ2n) is 5.66. The van der Waals surface area contributed by atoms with Crippen molar-refractivity contribution in [2.24, 2.45) is 0 Å². The van der Waals surface area contributed by atoms with Crippen LogP contribution < -0.4 is 5.32 Å². The Bertz CT molecular complexity index is 353. The minimum absolute atomic E-state index is 0.467. The molecule has 1 aliphatic heterocycles. The first-order valence-electron chi connectivity index (χ1n) is 7.41. The molecule has 2 fully saturated rings. The zero-order valence-electron chi connectivity index (χ0n) is 11.3. The van der Waals surface area contributed by atoms with Crippen LogP contribution in [-0.4, -0.2) is 30.1 Å². The summed E-state index contributed by atoms with van der Waals surface area (Å²) in [5, 5.41) is 3.62. The molecular weight excluding hydrogens is 224 g/mol. The van der Waals surface area contributed by atoms with Crippen molar-refractivity contribution in [3.05, 3.63) is 24.2 Å². The van der Waals surface area contributed by atoms with E-state index in [0.29, 0.717) is 12.1 Å². The van der Waals surface area contributed by atoms with Gasteiger partial charge in [-0.25, -0.2) is 0 Å². The van der Waals surface area contributed by atoms with Crippen molar-refractivity contribution in [2.75, 3.05) is 13.1 Å². The number of hydrogen-bond donors (Lipinski definition) is 1. The standard InChI is InChI=1S/C15H24N2O/c1-2-14(15-6-4-10-18-15)17(13-7-8-13)11-12-5-3-9-16-12/h4,6,10,12-14,16H,2-3,5,7-9,11H2,1H3. The van der Waals surface area contributed by atoms with Crippen molar-refractivity contribution in [1.29, 1.82) is 0 Å². The van der Waals surface area contributed by atoms with Gasteiger partial charge in [-0.15, -0.1) is 0 Å². The van der Waals surface area contributed by atoms with Gasteiger partial charge in [-0.05, 0) is 50.8 Å². The van der Waals surface area contributed by atoms with E-state index < -0.39 is 0 Å². The highest BCUT2D eigenvalue weighted by atomic mass is 16.3. The average Bonchev–Trinajstić information content (AvgIpc) is 2.89. The Labute approximate surface area is 110 Å². The average molecular weight is 248 g/mol. The van der Waals surface area contributed by atoms with Crippen LogP contribution in [0.5, 0.6) is 0 Å². The zero-order chi connectivity index (χ0) is 12.4. The molecule has 0 amide bonds. The summed E-state index contributed by atoms with van der Waals surface area (Å²) in [5.74, 6) is 1.14. The summed E-state index contributed by atoms with van der Waals surface area (Å²) in [6.07, 6.45) is 8.33. The van der Waals surface area contributed by atoms with Crippen LogP contribution in [-0.2, 0) is 0 Å². The highest BCUT2D eigenvalue weighted by molar-refractivity contribution is 5.07. The molecule has 2 heterocycles. The van der Waals surface area contributed by atoms with Gasteiger partial charge in [-0.1, -0.05) is 6.92 Å². The smallest absolute Gasteiger partial charge is 0.120 e. The van der Waals surface area contributed by atoms with Crippen molar-refractivity contribution in [3.63, 3.8) is 0 Å². The van der Waals surface area contributed by atoms with Gasteiger partial charge in [-0.2, -0.15) is 0 Å². The molecule has 3 heteroatoms. The second-order valence-corrected chi connectivity index (χ2v) is 5.66. The van der Waals surface area contributed by atoms with Crippen LogP contribution in [0, 0.1) is 0 Å². The summed E-state index contributed by atoms with van der Waals surface area (Å²) < 4.78 is 5.65. The van der Waals surface area contributed by atoms with Gasteiger partial charge in [-0.3, -0.25) is 4.90 Å². The van der Waals surface area contributed by atoms with Crippen LogP contribution in [0.4, 0.5) is 0 Å². The topological polar surface area (TPSA) is 28.4 Å². The van der Waals surface area contributed by atoms with Crippen molar-refractivity contribution in [1.82, 2.24) is 10.2 Å². The summed E-state index contributed by atoms with van der Waals surface area (Å²) in [6.45, 7) is 4.65. The lowest BCUT2D eigenvalue weighted by Gasteiger charge is -2.32. The maximum Gasteiger partial charge on any atom is 0.120 e. The highest BCUT2D eigenvalue weighted by Crippen LogP contribution is 2.36. The number of nitrogens with one attached hydrogen (secondary N) is 1. The van der Waals surface area contributed by atoms with Crippen LogP contribution in [0.3, 0.4) is 0 Å². The monoisotopic (exact) mass is 248 g/mol. The first-order valence-corrected chi connectivity index (χ1v) is 7.41. The number of hydrogen-bond acceptors (Lipinski definition) is 3. The quantitative estimate of drug-likeness (QED) is 0.839. The van der Waals surface area contributed by atoms with E-state index in [1.165, 1.54) is 38.8 Å². The largest absolute Gasteiger partial charge is 0.468 e. The predicted octanol–water partition coefficient (Wildman–Crippen LogP) is 2.95. The molecule has 100 valence electrons. The van der Waals surface area contributed by atoms with E-state index in [2.05, 4.69) is 23.2 Å². The molecule has 0 aromatic carbocycles. The van der Waals surface area contributed by atoms with Crippen LogP contribution in [0.15, 0.2) is 22.8 Å². The van der Waals surface area contributed by atoms with Gasteiger partial charge in [0.15, 0.2) is 0 Å². The number of furan rings is 1. The van der Waals surface area contributed by atoms with Crippen LogP contribution in [0.25, 0.3) is 0 Å². The summed E-state index contributed by atoms with van der Waals surface area (Å²) in [5.41, 5.74) is 0. The Morgan fingerprint density at radius 1 is 1.44 bits per heavy atom. The summed E-state index contributed by atoms with van der Waals surface area (Å²) >= 11 is 0. The highest BCUT2D eigenvalue weighted by Gasteiger charge is 2.36. The third-order valence-corrected chi connectivity index (χ3v) is 4.27. The summed E-state index contributed by atoms with van der Waals surface area (Å²) in [6, 6.07) is 6.09. The lowest BCUT2D eigenvalue weighted by atomic mass is 10.1. The number of nitrogens with zero attached hydrogens (tertiary/aromatic N) is 1. The molecule has 0 bridgehead atoms. The summed E-state index contributed by atoms with van der Waals surface area (Å²) in [7, 11) is 0. The van der Waals surface area contributed by atoms with Crippen molar-refractivity contribution >= 4 is 0 Å². The van der Waals surface area contributed by atoms with E-state index in [9.17, 15) is 0 Å². The second kappa shape index (κ2) is 5.45. The lowest BCUT2D eigenvalue weighted by Crippen LogP contribution is -2.40. The first kappa shape index (κ1) is 12.2. The molecule has 1 N–H and O–H groups in total. The first-order chi connectivity index (χ1) is 8.88. The van der Waals surface area contributed by atoms with E-state index in [1.54, 1.807) is 6.26 Å². The Hall–Kier alpha value is -0.800. The molecule has 2 aliphatic rings. The zero-order valence-corrected chi connectivity index (χ0v) is 11.3. The van der Waals surface area contributed by atoms with E-state index in [4.69, 9.17) is 4.42 Å². The molecule has 3 rings (SSSR count). The van der Waals surface area contributed by atoms with Crippen LogP contribution in [0.2, 0.25) is 0 Å². The van der Waals surface area contributed by atoms with Crippen molar-refractivity contribution < 1.29 is 4.42 Å². The Morgan fingerprint density at radius 2 is 2.33 bits per heavy atom. The SMILES string of the molecule is CCC(c1ccco1)N(CC1CCCN1)C1CC1. The van der Waals surface area contributed by atoms with Gasteiger partial charge in [0.25, 0.3) is 0 Å². The molecule has 1 aromatic heterocycles. The van der Waals surface area contributed by atoms with Gasteiger partial charge in [0, 0.05) is 18.6 Å².